The number of nitrogens with zero attached hydrogens (tertiary/aromatic N) is 3. The molecule has 2 amide bonds. The van der Waals surface area contributed by atoms with Gasteiger partial charge >= 0.3 is 6.03 Å². The minimum Gasteiger partial charge on any atom is -0.390 e. The molecule has 2 aromatic rings. The highest BCUT2D eigenvalue weighted by Crippen LogP contribution is 2.16. The van der Waals surface area contributed by atoms with Crippen molar-refractivity contribution in [3.8, 4) is 0 Å². The van der Waals surface area contributed by atoms with Gasteiger partial charge in [0.1, 0.15) is 12.1 Å². The number of aromatic nitrogens is 2. The number of anilines is 1. The van der Waals surface area contributed by atoms with Gasteiger partial charge in [0.2, 0.25) is 0 Å². The molecular formula is C16H17N5O2. The lowest BCUT2D eigenvalue weighted by Gasteiger charge is -2.10. The molecule has 1 aromatic carbocycles. The standard InChI is InChI=1S/C16H17N5O2/c1-11-2-4-12(5-3-11)14-8-13(23-21-14)9-18-16(22)20-15-6-7-17-10-19-15/h2-7,10,13H,8-9H2,1H3,(H2,17,18,19,20,22)/t13-/m1/s1. The summed E-state index contributed by atoms with van der Waals surface area (Å²) in [5, 5.41) is 9.47. The van der Waals surface area contributed by atoms with E-state index < -0.39 is 0 Å². The third-order valence-electron chi connectivity index (χ3n) is 3.43. The minimum atomic E-state index is -0.337. The molecule has 1 aliphatic heterocycles. The van der Waals surface area contributed by atoms with Crippen LogP contribution in [0.3, 0.4) is 0 Å². The first-order chi connectivity index (χ1) is 11.2. The molecule has 3 rings (SSSR count). The maximum atomic E-state index is 11.8. The van der Waals surface area contributed by atoms with Gasteiger partial charge in [0, 0.05) is 12.6 Å². The molecule has 1 aliphatic rings. The minimum absolute atomic E-state index is 0.164. The summed E-state index contributed by atoms with van der Waals surface area (Å²) in [6.07, 6.45) is 3.43. The molecule has 0 saturated heterocycles. The molecule has 7 heteroatoms. The molecule has 1 atom stereocenters. The third-order valence-corrected chi connectivity index (χ3v) is 3.43. The predicted molar refractivity (Wildman–Crippen MR) is 86.3 cm³/mol. The molecule has 23 heavy (non-hydrogen) atoms. The van der Waals surface area contributed by atoms with Gasteiger partial charge in [-0.05, 0) is 18.6 Å². The zero-order valence-corrected chi connectivity index (χ0v) is 12.7. The Hall–Kier alpha value is -2.96. The van der Waals surface area contributed by atoms with E-state index in [-0.39, 0.29) is 12.1 Å². The number of oxime groups is 1. The summed E-state index contributed by atoms with van der Waals surface area (Å²) >= 11 is 0. The molecule has 1 aromatic heterocycles. The van der Waals surface area contributed by atoms with Crippen LogP contribution >= 0.6 is 0 Å². The molecule has 2 N–H and O–H groups in total. The lowest BCUT2D eigenvalue weighted by Crippen LogP contribution is -2.35. The molecule has 0 aliphatic carbocycles. The van der Waals surface area contributed by atoms with Crippen molar-refractivity contribution in [1.29, 1.82) is 0 Å². The molecule has 0 fully saturated rings. The number of hydrogen-bond acceptors (Lipinski definition) is 5. The molecule has 0 saturated carbocycles. The molecule has 0 unspecified atom stereocenters. The molecule has 0 bridgehead atoms. The first-order valence-corrected chi connectivity index (χ1v) is 7.31. The Morgan fingerprint density at radius 1 is 1.30 bits per heavy atom. The lowest BCUT2D eigenvalue weighted by molar-refractivity contribution is 0.0870. The van der Waals surface area contributed by atoms with Crippen LogP contribution in [0.4, 0.5) is 10.6 Å². The van der Waals surface area contributed by atoms with Crippen molar-refractivity contribution in [2.75, 3.05) is 11.9 Å². The average molecular weight is 311 g/mol. The van der Waals surface area contributed by atoms with Gasteiger partial charge < -0.3 is 10.2 Å². The first kappa shape index (κ1) is 15.0. The van der Waals surface area contributed by atoms with Gasteiger partial charge in [-0.3, -0.25) is 5.32 Å². The molecule has 7 nitrogen and oxygen atoms in total. The topological polar surface area (TPSA) is 88.5 Å². The summed E-state index contributed by atoms with van der Waals surface area (Å²) < 4.78 is 0. The van der Waals surface area contributed by atoms with Crippen molar-refractivity contribution in [3.63, 3.8) is 0 Å². The smallest absolute Gasteiger partial charge is 0.320 e. The van der Waals surface area contributed by atoms with Crippen molar-refractivity contribution >= 4 is 17.6 Å². The zero-order chi connectivity index (χ0) is 16.1. The molecule has 0 spiro atoms. The van der Waals surface area contributed by atoms with E-state index in [4.69, 9.17) is 4.84 Å². The second-order valence-electron chi connectivity index (χ2n) is 5.27. The molecule has 2 heterocycles. The number of aryl methyl sites for hydroxylation is 1. The summed E-state index contributed by atoms with van der Waals surface area (Å²) in [5.41, 5.74) is 3.14. The van der Waals surface area contributed by atoms with Gasteiger partial charge in [0.25, 0.3) is 0 Å². The number of carbonyl (C=O) groups excluding carboxylic acids is 1. The number of benzene rings is 1. The highest BCUT2D eigenvalue weighted by molar-refractivity contribution is 6.01. The number of rotatable bonds is 4. The maximum absolute atomic E-state index is 11.8. The Morgan fingerprint density at radius 2 is 2.13 bits per heavy atom. The fourth-order valence-electron chi connectivity index (χ4n) is 2.19. The van der Waals surface area contributed by atoms with Crippen LogP contribution in [-0.4, -0.2) is 34.4 Å². The number of hydrogen-bond donors (Lipinski definition) is 2. The van der Waals surface area contributed by atoms with E-state index >= 15 is 0 Å². The van der Waals surface area contributed by atoms with E-state index in [1.54, 1.807) is 12.3 Å². The number of urea groups is 1. The van der Waals surface area contributed by atoms with Crippen LogP contribution in [0.15, 0.2) is 48.0 Å². The highest BCUT2D eigenvalue weighted by atomic mass is 16.6. The summed E-state index contributed by atoms with van der Waals surface area (Å²) in [5.74, 6) is 0.446. The summed E-state index contributed by atoms with van der Waals surface area (Å²) in [7, 11) is 0. The van der Waals surface area contributed by atoms with E-state index in [2.05, 4.69) is 25.8 Å². The monoisotopic (exact) mass is 311 g/mol. The van der Waals surface area contributed by atoms with E-state index in [0.717, 1.165) is 11.3 Å². The summed E-state index contributed by atoms with van der Waals surface area (Å²) in [4.78, 5) is 24.9. The Kier molecular flexibility index (Phi) is 4.46. The van der Waals surface area contributed by atoms with Crippen molar-refractivity contribution in [2.45, 2.75) is 19.4 Å². The van der Waals surface area contributed by atoms with Crippen LogP contribution in [0, 0.1) is 6.92 Å². The second-order valence-corrected chi connectivity index (χ2v) is 5.27. The second kappa shape index (κ2) is 6.87. The fraction of sp³-hybridized carbons (Fsp3) is 0.250. The van der Waals surface area contributed by atoms with Crippen LogP contribution < -0.4 is 10.6 Å². The Balaban J connectivity index is 1.46. The van der Waals surface area contributed by atoms with E-state index in [9.17, 15) is 4.79 Å². The van der Waals surface area contributed by atoms with Gasteiger partial charge in [0.15, 0.2) is 6.10 Å². The Morgan fingerprint density at radius 3 is 2.87 bits per heavy atom. The normalized spacial score (nSPS) is 16.4. The van der Waals surface area contributed by atoms with Crippen LogP contribution in [0.5, 0.6) is 0 Å². The van der Waals surface area contributed by atoms with Gasteiger partial charge in [-0.2, -0.15) is 0 Å². The van der Waals surface area contributed by atoms with Gasteiger partial charge in [-0.25, -0.2) is 14.8 Å². The van der Waals surface area contributed by atoms with Crippen molar-refractivity contribution in [2.24, 2.45) is 5.16 Å². The van der Waals surface area contributed by atoms with Crippen molar-refractivity contribution < 1.29 is 9.63 Å². The van der Waals surface area contributed by atoms with Gasteiger partial charge in [-0.1, -0.05) is 35.0 Å². The number of amides is 2. The lowest BCUT2D eigenvalue weighted by atomic mass is 10.0. The first-order valence-electron chi connectivity index (χ1n) is 7.31. The quantitative estimate of drug-likeness (QED) is 0.905. The molecule has 0 radical (unpaired) electrons. The van der Waals surface area contributed by atoms with Gasteiger partial charge in [0.05, 0.1) is 12.3 Å². The predicted octanol–water partition coefficient (Wildman–Crippen LogP) is 2.10. The Bertz CT molecular complexity index is 700. The Labute approximate surface area is 133 Å². The number of carbonyl (C=O) groups is 1. The summed E-state index contributed by atoms with van der Waals surface area (Å²) in [6, 6.07) is 9.40. The largest absolute Gasteiger partial charge is 0.390 e. The average Bonchev–Trinajstić information content (AvgIpc) is 3.04. The van der Waals surface area contributed by atoms with Crippen LogP contribution in [0.25, 0.3) is 0 Å². The maximum Gasteiger partial charge on any atom is 0.320 e. The zero-order valence-electron chi connectivity index (χ0n) is 12.7. The van der Waals surface area contributed by atoms with Crippen molar-refractivity contribution in [1.82, 2.24) is 15.3 Å². The third kappa shape index (κ3) is 4.03. The summed E-state index contributed by atoms with van der Waals surface area (Å²) in [6.45, 7) is 2.41. The number of nitrogens with one attached hydrogen (secondary N) is 2. The highest BCUT2D eigenvalue weighted by Gasteiger charge is 2.22. The SMILES string of the molecule is Cc1ccc(C2=NO[C@@H](CNC(=O)Nc3ccncn3)C2)cc1. The van der Waals surface area contributed by atoms with E-state index in [0.29, 0.717) is 18.8 Å². The van der Waals surface area contributed by atoms with Crippen LogP contribution in [0.1, 0.15) is 17.5 Å². The van der Waals surface area contributed by atoms with Crippen LogP contribution in [-0.2, 0) is 4.84 Å². The molecular weight excluding hydrogens is 294 g/mol. The fourth-order valence-corrected chi connectivity index (χ4v) is 2.19. The van der Waals surface area contributed by atoms with Crippen LogP contribution in [0.2, 0.25) is 0 Å². The van der Waals surface area contributed by atoms with Crippen molar-refractivity contribution in [3.05, 3.63) is 54.0 Å². The van der Waals surface area contributed by atoms with E-state index in [1.807, 2.05) is 31.2 Å². The molecule has 118 valence electrons. The van der Waals surface area contributed by atoms with E-state index in [1.165, 1.54) is 11.9 Å². The van der Waals surface area contributed by atoms with Gasteiger partial charge in [-0.15, -0.1) is 0 Å².